The number of carbonyl (C=O) groups excluding carboxylic acids is 1. The Kier molecular flexibility index (Phi) is 3.68. The lowest BCUT2D eigenvalue weighted by Gasteiger charge is -2.01. The molecule has 0 unspecified atom stereocenters. The Balaban J connectivity index is 1.70. The van der Waals surface area contributed by atoms with Crippen LogP contribution in [0.2, 0.25) is 0 Å². The van der Waals surface area contributed by atoms with Crippen LogP contribution in [0.15, 0.2) is 58.6 Å². The molecule has 0 aliphatic heterocycles. The molecule has 0 spiro atoms. The van der Waals surface area contributed by atoms with Gasteiger partial charge in [-0.1, -0.05) is 18.2 Å². The molecule has 0 aliphatic rings. The van der Waals surface area contributed by atoms with E-state index in [0.717, 1.165) is 22.0 Å². The average Bonchev–Trinajstić information content (AvgIpc) is 3.34. The first-order valence-corrected chi connectivity index (χ1v) is 8.23. The van der Waals surface area contributed by atoms with Crippen molar-refractivity contribution in [2.45, 2.75) is 0 Å². The van der Waals surface area contributed by atoms with Gasteiger partial charge < -0.3 is 9.97 Å². The van der Waals surface area contributed by atoms with Crippen LogP contribution in [-0.2, 0) is 0 Å². The number of benzene rings is 1. The standard InChI is InChI=1S/C17H13N5OS/c23-17(22-20-9-14-18-6-7-19-14)16-15(11-5-8-24-10-11)12-3-1-2-4-13(12)21-16/h1-10,21H,(H,18,19)(H,22,23). The summed E-state index contributed by atoms with van der Waals surface area (Å²) in [6.45, 7) is 0. The largest absolute Gasteiger partial charge is 0.350 e. The number of fused-ring (bicyclic) bond motifs is 1. The minimum atomic E-state index is -0.296. The van der Waals surface area contributed by atoms with Crippen molar-refractivity contribution in [1.82, 2.24) is 20.4 Å². The second-order valence-corrected chi connectivity index (χ2v) is 5.89. The molecular weight excluding hydrogens is 322 g/mol. The normalized spacial score (nSPS) is 11.3. The van der Waals surface area contributed by atoms with Crippen LogP contribution in [0.1, 0.15) is 16.3 Å². The summed E-state index contributed by atoms with van der Waals surface area (Å²) in [6, 6.07) is 9.86. The highest BCUT2D eigenvalue weighted by molar-refractivity contribution is 7.08. The van der Waals surface area contributed by atoms with E-state index in [-0.39, 0.29) is 5.91 Å². The predicted molar refractivity (Wildman–Crippen MR) is 95.3 cm³/mol. The maximum Gasteiger partial charge on any atom is 0.288 e. The molecule has 1 aromatic carbocycles. The van der Waals surface area contributed by atoms with Gasteiger partial charge in [0.1, 0.15) is 11.5 Å². The molecule has 7 heteroatoms. The number of para-hydroxylation sites is 1. The highest BCUT2D eigenvalue weighted by Crippen LogP contribution is 2.33. The first kappa shape index (κ1) is 14.4. The van der Waals surface area contributed by atoms with Crippen LogP contribution in [0.4, 0.5) is 0 Å². The number of H-pyrrole nitrogens is 2. The Hall–Kier alpha value is -3.19. The quantitative estimate of drug-likeness (QED) is 0.394. The van der Waals surface area contributed by atoms with Crippen LogP contribution < -0.4 is 5.43 Å². The SMILES string of the molecule is O=C(NN=Cc1ncc[nH]1)c1[nH]c2ccccc2c1-c1ccsc1. The third-order valence-corrected chi connectivity index (χ3v) is 4.30. The lowest BCUT2D eigenvalue weighted by Crippen LogP contribution is -2.18. The molecule has 24 heavy (non-hydrogen) atoms. The number of aromatic amines is 2. The van der Waals surface area contributed by atoms with Crippen LogP contribution in [0.5, 0.6) is 0 Å². The van der Waals surface area contributed by atoms with E-state index in [1.165, 1.54) is 6.21 Å². The second kappa shape index (κ2) is 6.13. The van der Waals surface area contributed by atoms with E-state index in [0.29, 0.717) is 11.5 Å². The van der Waals surface area contributed by atoms with Gasteiger partial charge in [0, 0.05) is 28.9 Å². The lowest BCUT2D eigenvalue weighted by atomic mass is 10.0. The van der Waals surface area contributed by atoms with E-state index in [1.807, 2.05) is 41.1 Å². The van der Waals surface area contributed by atoms with Crippen molar-refractivity contribution in [2.75, 3.05) is 0 Å². The maximum atomic E-state index is 12.6. The summed E-state index contributed by atoms with van der Waals surface area (Å²) in [6.07, 6.45) is 4.77. The number of amides is 1. The van der Waals surface area contributed by atoms with E-state index < -0.39 is 0 Å². The Morgan fingerprint density at radius 1 is 1.29 bits per heavy atom. The third kappa shape index (κ3) is 2.61. The first-order valence-electron chi connectivity index (χ1n) is 7.29. The van der Waals surface area contributed by atoms with Crippen molar-refractivity contribution < 1.29 is 4.79 Å². The van der Waals surface area contributed by atoms with E-state index >= 15 is 0 Å². The van der Waals surface area contributed by atoms with Gasteiger partial charge in [0.15, 0.2) is 0 Å². The summed E-state index contributed by atoms with van der Waals surface area (Å²) in [5.41, 5.74) is 5.85. The van der Waals surface area contributed by atoms with E-state index in [1.54, 1.807) is 23.7 Å². The van der Waals surface area contributed by atoms with E-state index in [4.69, 9.17) is 0 Å². The van der Waals surface area contributed by atoms with Gasteiger partial charge in [-0.25, -0.2) is 10.4 Å². The molecule has 0 saturated heterocycles. The number of aromatic nitrogens is 3. The maximum absolute atomic E-state index is 12.6. The first-order chi connectivity index (χ1) is 11.8. The van der Waals surface area contributed by atoms with Crippen molar-refractivity contribution in [3.05, 3.63) is 65.0 Å². The summed E-state index contributed by atoms with van der Waals surface area (Å²) in [4.78, 5) is 22.7. The van der Waals surface area contributed by atoms with Crippen LogP contribution in [0.25, 0.3) is 22.0 Å². The minimum absolute atomic E-state index is 0.296. The molecule has 118 valence electrons. The fourth-order valence-corrected chi connectivity index (χ4v) is 3.22. The van der Waals surface area contributed by atoms with Crippen LogP contribution in [-0.4, -0.2) is 27.1 Å². The molecule has 0 fully saturated rings. The van der Waals surface area contributed by atoms with Crippen LogP contribution >= 0.6 is 11.3 Å². The molecule has 0 atom stereocenters. The van der Waals surface area contributed by atoms with Gasteiger partial charge in [0.05, 0.1) is 6.21 Å². The molecule has 6 nitrogen and oxygen atoms in total. The highest BCUT2D eigenvalue weighted by Gasteiger charge is 2.19. The minimum Gasteiger partial charge on any atom is -0.350 e. The number of rotatable bonds is 4. The zero-order valence-corrected chi connectivity index (χ0v) is 13.3. The topological polar surface area (TPSA) is 85.9 Å². The Morgan fingerprint density at radius 2 is 2.21 bits per heavy atom. The van der Waals surface area contributed by atoms with Gasteiger partial charge in [-0.15, -0.1) is 0 Å². The lowest BCUT2D eigenvalue weighted by molar-refractivity contribution is 0.0951. The van der Waals surface area contributed by atoms with Crippen molar-refractivity contribution >= 4 is 34.4 Å². The molecular formula is C17H13N5OS. The van der Waals surface area contributed by atoms with Crippen molar-refractivity contribution in [2.24, 2.45) is 5.10 Å². The predicted octanol–water partition coefficient (Wildman–Crippen LogP) is 3.38. The summed E-state index contributed by atoms with van der Waals surface area (Å²) in [5, 5.41) is 8.98. The fraction of sp³-hybridized carbons (Fsp3) is 0. The summed E-state index contributed by atoms with van der Waals surface area (Å²) in [5.74, 6) is 0.278. The molecule has 4 rings (SSSR count). The molecule has 1 amide bonds. The number of nitrogens with one attached hydrogen (secondary N) is 3. The number of carbonyl (C=O) groups is 1. The Bertz CT molecular complexity index is 999. The van der Waals surface area contributed by atoms with Crippen molar-refractivity contribution in [1.29, 1.82) is 0 Å². The zero-order valence-electron chi connectivity index (χ0n) is 12.5. The number of imidazole rings is 1. The van der Waals surface area contributed by atoms with Crippen molar-refractivity contribution in [3.8, 4) is 11.1 Å². The monoisotopic (exact) mass is 335 g/mol. The number of nitrogens with zero attached hydrogens (tertiary/aromatic N) is 2. The van der Waals surface area contributed by atoms with Gasteiger partial charge in [-0.05, 0) is 28.5 Å². The highest BCUT2D eigenvalue weighted by atomic mass is 32.1. The van der Waals surface area contributed by atoms with Gasteiger partial charge in [-0.2, -0.15) is 16.4 Å². The van der Waals surface area contributed by atoms with E-state index in [2.05, 4.69) is 25.5 Å². The van der Waals surface area contributed by atoms with Crippen molar-refractivity contribution in [3.63, 3.8) is 0 Å². The fourth-order valence-electron chi connectivity index (χ4n) is 2.57. The van der Waals surface area contributed by atoms with E-state index in [9.17, 15) is 4.79 Å². The second-order valence-electron chi connectivity index (χ2n) is 5.11. The molecule has 0 radical (unpaired) electrons. The average molecular weight is 335 g/mol. The molecule has 3 N–H and O–H groups in total. The molecule has 3 aromatic heterocycles. The molecule has 0 bridgehead atoms. The van der Waals surface area contributed by atoms with Gasteiger partial charge in [0.25, 0.3) is 5.91 Å². The Labute approximate surface area is 141 Å². The smallest absolute Gasteiger partial charge is 0.288 e. The van der Waals surface area contributed by atoms with Crippen LogP contribution in [0.3, 0.4) is 0 Å². The molecule has 3 heterocycles. The summed E-state index contributed by atoms with van der Waals surface area (Å²) >= 11 is 1.60. The van der Waals surface area contributed by atoms with Crippen LogP contribution in [0, 0.1) is 0 Å². The number of hydrazone groups is 1. The summed E-state index contributed by atoms with van der Waals surface area (Å²) < 4.78 is 0. The Morgan fingerprint density at radius 3 is 3.00 bits per heavy atom. The number of thiophene rings is 1. The molecule has 4 aromatic rings. The van der Waals surface area contributed by atoms with Gasteiger partial charge >= 0.3 is 0 Å². The summed E-state index contributed by atoms with van der Waals surface area (Å²) in [7, 11) is 0. The number of hydrogen-bond donors (Lipinski definition) is 3. The van der Waals surface area contributed by atoms with Gasteiger partial charge in [0.2, 0.25) is 0 Å². The third-order valence-electron chi connectivity index (χ3n) is 3.62. The molecule has 0 saturated carbocycles. The number of hydrogen-bond acceptors (Lipinski definition) is 4. The molecule has 0 aliphatic carbocycles. The zero-order chi connectivity index (χ0) is 16.4. The van der Waals surface area contributed by atoms with Gasteiger partial charge in [-0.3, -0.25) is 4.79 Å².